The Kier molecular flexibility index (Phi) is 4.72. The average Bonchev–Trinajstić information content (AvgIpc) is 3.21. The van der Waals surface area contributed by atoms with Crippen LogP contribution in [0, 0.1) is 0 Å². The van der Waals surface area contributed by atoms with Crippen LogP contribution in [-0.4, -0.2) is 21.6 Å². The minimum absolute atomic E-state index is 0.0508. The summed E-state index contributed by atoms with van der Waals surface area (Å²) in [5.41, 5.74) is 0. The van der Waals surface area contributed by atoms with Gasteiger partial charge in [0.05, 0.1) is 4.34 Å². The Morgan fingerprint density at radius 3 is 2.86 bits per heavy atom. The van der Waals surface area contributed by atoms with Crippen LogP contribution in [0.2, 0.25) is 4.34 Å². The number of imidazole rings is 1. The SMILES string of the molecule is O[C@@H](CN[C@H](c1ncc[nH]1)c1cccs1)c1ccc(Cl)s1. The van der Waals surface area contributed by atoms with Gasteiger partial charge in [0.15, 0.2) is 0 Å². The molecule has 4 nitrogen and oxygen atoms in total. The summed E-state index contributed by atoms with van der Waals surface area (Å²) >= 11 is 8.96. The van der Waals surface area contributed by atoms with Crippen molar-refractivity contribution in [1.29, 1.82) is 0 Å². The number of aliphatic hydroxyl groups is 1. The highest BCUT2D eigenvalue weighted by atomic mass is 35.5. The van der Waals surface area contributed by atoms with E-state index < -0.39 is 6.10 Å². The van der Waals surface area contributed by atoms with Gasteiger partial charge in [-0.1, -0.05) is 17.7 Å². The molecule has 0 saturated heterocycles. The third-order valence-corrected chi connectivity index (χ3v) is 5.33. The van der Waals surface area contributed by atoms with Crippen LogP contribution in [0.3, 0.4) is 0 Å². The highest BCUT2D eigenvalue weighted by Gasteiger charge is 2.19. The summed E-state index contributed by atoms with van der Waals surface area (Å²) in [6.45, 7) is 0.431. The Morgan fingerprint density at radius 2 is 2.24 bits per heavy atom. The van der Waals surface area contributed by atoms with Gasteiger partial charge in [-0.25, -0.2) is 4.98 Å². The first-order chi connectivity index (χ1) is 10.2. The standard InChI is InChI=1S/C14H14ClN3OS2/c15-12-4-3-10(21-12)9(19)8-18-13(11-2-1-7-20-11)14-16-5-6-17-14/h1-7,9,13,18-19H,8H2,(H,16,17)/t9-,13-/m0/s1. The van der Waals surface area contributed by atoms with Crippen molar-refractivity contribution in [2.45, 2.75) is 12.1 Å². The molecule has 110 valence electrons. The van der Waals surface area contributed by atoms with E-state index in [4.69, 9.17) is 11.6 Å². The Labute approximate surface area is 135 Å². The lowest BCUT2D eigenvalue weighted by Gasteiger charge is -2.17. The van der Waals surface area contributed by atoms with Gasteiger partial charge in [0.25, 0.3) is 0 Å². The summed E-state index contributed by atoms with van der Waals surface area (Å²) in [6, 6.07) is 7.66. The summed E-state index contributed by atoms with van der Waals surface area (Å²) < 4.78 is 0.685. The molecule has 0 fully saturated rings. The summed E-state index contributed by atoms with van der Waals surface area (Å²) in [6.07, 6.45) is 2.94. The van der Waals surface area contributed by atoms with Gasteiger partial charge in [-0.2, -0.15) is 0 Å². The summed E-state index contributed by atoms with van der Waals surface area (Å²) in [7, 11) is 0. The number of nitrogens with one attached hydrogen (secondary N) is 2. The highest BCUT2D eigenvalue weighted by Crippen LogP contribution is 2.28. The molecule has 3 aromatic rings. The van der Waals surface area contributed by atoms with E-state index in [0.29, 0.717) is 10.9 Å². The molecule has 0 amide bonds. The number of aromatic amines is 1. The number of halogens is 1. The van der Waals surface area contributed by atoms with Crippen LogP contribution in [0.1, 0.15) is 27.7 Å². The molecule has 3 heterocycles. The van der Waals surface area contributed by atoms with E-state index in [-0.39, 0.29) is 6.04 Å². The fourth-order valence-electron chi connectivity index (χ4n) is 2.06. The summed E-state index contributed by atoms with van der Waals surface area (Å²) in [5, 5.41) is 15.6. The molecule has 0 aliphatic carbocycles. The molecule has 3 rings (SSSR count). The molecule has 0 aromatic carbocycles. The van der Waals surface area contributed by atoms with Crippen LogP contribution < -0.4 is 5.32 Å². The molecule has 7 heteroatoms. The molecule has 21 heavy (non-hydrogen) atoms. The van der Waals surface area contributed by atoms with Gasteiger partial charge >= 0.3 is 0 Å². The molecule has 0 unspecified atom stereocenters. The average molecular weight is 340 g/mol. The van der Waals surface area contributed by atoms with E-state index >= 15 is 0 Å². The zero-order valence-corrected chi connectivity index (χ0v) is 13.4. The van der Waals surface area contributed by atoms with Crippen LogP contribution in [0.25, 0.3) is 0 Å². The minimum atomic E-state index is -0.583. The predicted octanol–water partition coefficient (Wildman–Crippen LogP) is 3.60. The van der Waals surface area contributed by atoms with Gasteiger partial charge in [0, 0.05) is 28.7 Å². The molecule has 0 spiro atoms. The van der Waals surface area contributed by atoms with E-state index in [0.717, 1.165) is 15.6 Å². The molecular formula is C14H14ClN3OS2. The smallest absolute Gasteiger partial charge is 0.128 e. The fraction of sp³-hybridized carbons (Fsp3) is 0.214. The Bertz CT molecular complexity index is 632. The second-order valence-electron chi connectivity index (χ2n) is 4.49. The normalized spacial score (nSPS) is 14.2. The molecular weight excluding hydrogens is 326 g/mol. The Morgan fingerprint density at radius 1 is 1.33 bits per heavy atom. The van der Waals surface area contributed by atoms with Gasteiger partial charge in [0.1, 0.15) is 18.0 Å². The highest BCUT2D eigenvalue weighted by molar-refractivity contribution is 7.16. The second kappa shape index (κ2) is 6.72. The number of hydrogen-bond donors (Lipinski definition) is 3. The second-order valence-corrected chi connectivity index (χ2v) is 7.21. The largest absolute Gasteiger partial charge is 0.386 e. The van der Waals surface area contributed by atoms with Crippen LogP contribution >= 0.6 is 34.3 Å². The monoisotopic (exact) mass is 339 g/mol. The maximum absolute atomic E-state index is 10.2. The zero-order chi connectivity index (χ0) is 14.7. The van der Waals surface area contributed by atoms with Crippen molar-refractivity contribution < 1.29 is 5.11 Å². The molecule has 0 bridgehead atoms. The van der Waals surface area contributed by atoms with Crippen molar-refractivity contribution in [1.82, 2.24) is 15.3 Å². The first kappa shape index (κ1) is 14.7. The minimum Gasteiger partial charge on any atom is -0.386 e. The number of aromatic nitrogens is 2. The topological polar surface area (TPSA) is 60.9 Å². The molecule has 2 atom stereocenters. The lowest BCUT2D eigenvalue weighted by molar-refractivity contribution is 0.175. The van der Waals surface area contributed by atoms with E-state index in [2.05, 4.69) is 21.4 Å². The first-order valence-corrected chi connectivity index (χ1v) is 8.51. The predicted molar refractivity (Wildman–Crippen MR) is 87.0 cm³/mol. The van der Waals surface area contributed by atoms with E-state index in [1.807, 2.05) is 17.5 Å². The lowest BCUT2D eigenvalue weighted by Crippen LogP contribution is -2.27. The van der Waals surface area contributed by atoms with Crippen molar-refractivity contribution in [3.63, 3.8) is 0 Å². The van der Waals surface area contributed by atoms with E-state index in [1.54, 1.807) is 29.8 Å². The van der Waals surface area contributed by atoms with Gasteiger partial charge in [-0.15, -0.1) is 22.7 Å². The number of H-pyrrole nitrogens is 1. The summed E-state index contributed by atoms with van der Waals surface area (Å²) in [5.74, 6) is 0.842. The van der Waals surface area contributed by atoms with Crippen LogP contribution in [0.5, 0.6) is 0 Å². The Hall–Kier alpha value is -1.18. The van der Waals surface area contributed by atoms with E-state index in [1.165, 1.54) is 11.3 Å². The molecule has 3 aromatic heterocycles. The van der Waals surface area contributed by atoms with Crippen molar-refractivity contribution in [2.24, 2.45) is 0 Å². The van der Waals surface area contributed by atoms with Gasteiger partial charge < -0.3 is 15.4 Å². The van der Waals surface area contributed by atoms with Crippen molar-refractivity contribution in [3.8, 4) is 0 Å². The van der Waals surface area contributed by atoms with Gasteiger partial charge in [0.2, 0.25) is 0 Å². The number of thiophene rings is 2. The fourth-order valence-corrected chi connectivity index (χ4v) is 3.91. The number of rotatable bonds is 6. The molecule has 0 aliphatic rings. The van der Waals surface area contributed by atoms with Crippen LogP contribution in [0.15, 0.2) is 42.0 Å². The maximum Gasteiger partial charge on any atom is 0.128 e. The number of aliphatic hydroxyl groups excluding tert-OH is 1. The molecule has 0 saturated carbocycles. The lowest BCUT2D eigenvalue weighted by atomic mass is 10.2. The van der Waals surface area contributed by atoms with Crippen LogP contribution in [0.4, 0.5) is 0 Å². The van der Waals surface area contributed by atoms with Gasteiger partial charge in [-0.3, -0.25) is 0 Å². The third kappa shape index (κ3) is 3.53. The zero-order valence-electron chi connectivity index (χ0n) is 11.0. The number of nitrogens with zero attached hydrogens (tertiary/aromatic N) is 1. The van der Waals surface area contributed by atoms with Crippen LogP contribution in [-0.2, 0) is 0 Å². The quantitative estimate of drug-likeness (QED) is 0.643. The summed E-state index contributed by atoms with van der Waals surface area (Å²) in [4.78, 5) is 9.45. The molecule has 3 N–H and O–H groups in total. The number of hydrogen-bond acceptors (Lipinski definition) is 5. The van der Waals surface area contributed by atoms with Crippen molar-refractivity contribution >= 4 is 34.3 Å². The third-order valence-electron chi connectivity index (χ3n) is 3.06. The van der Waals surface area contributed by atoms with Crippen molar-refractivity contribution in [2.75, 3.05) is 6.54 Å². The first-order valence-electron chi connectivity index (χ1n) is 6.43. The molecule has 0 radical (unpaired) electrons. The Balaban J connectivity index is 1.71. The molecule has 0 aliphatic heterocycles. The van der Waals surface area contributed by atoms with Gasteiger partial charge in [-0.05, 0) is 23.6 Å². The van der Waals surface area contributed by atoms with Crippen molar-refractivity contribution in [3.05, 3.63) is 62.0 Å². The maximum atomic E-state index is 10.2. The van der Waals surface area contributed by atoms with E-state index in [9.17, 15) is 5.11 Å².